The summed E-state index contributed by atoms with van der Waals surface area (Å²) >= 11 is 1.22. The van der Waals surface area contributed by atoms with E-state index >= 15 is 4.39 Å². The summed E-state index contributed by atoms with van der Waals surface area (Å²) < 4.78 is 43.5. The second kappa shape index (κ2) is 17.4. The average molecular weight is 771 g/mol. The van der Waals surface area contributed by atoms with Gasteiger partial charge >= 0.3 is 12.1 Å². The second-order valence-electron chi connectivity index (χ2n) is 11.9. The predicted octanol–water partition coefficient (Wildman–Crippen LogP) is 0.816. The molecule has 18 heteroatoms. The lowest BCUT2D eigenvalue weighted by molar-refractivity contribution is -0.753. The number of ether oxygens (including phenoxy) is 2. The number of nitrogens with zero attached hydrogens (tertiary/aromatic N) is 6. The van der Waals surface area contributed by atoms with Crippen molar-refractivity contribution in [1.82, 2.24) is 25.1 Å². The molecule has 0 spiro atoms. The molecule has 0 aliphatic rings. The van der Waals surface area contributed by atoms with Gasteiger partial charge in [0, 0.05) is 58.8 Å². The minimum atomic E-state index is -2.06. The van der Waals surface area contributed by atoms with Crippen LogP contribution in [-0.4, -0.2) is 63.5 Å². The summed E-state index contributed by atoms with van der Waals surface area (Å²) in [6, 6.07) is 12.7. The van der Waals surface area contributed by atoms with E-state index in [9.17, 15) is 23.9 Å². The summed E-state index contributed by atoms with van der Waals surface area (Å²) in [5.74, 6) is -3.27. The molecular formula is C35H37ClF2N8O6S. The third-order valence-corrected chi connectivity index (χ3v) is 9.36. The molecule has 280 valence electrons. The standard InChI is InChI=1S/C35H36F2N8O6S.ClH/c1-21(33-42-29(17-52-33)23-7-9-24(10-8-23)31(38)47)35(49,27-14-26(36)11-12-28(27)37)18-45-20-44(19-41-45)22(2)51-34(48)43(4)32-25(6-5-13-40-32)16-50-30(46)15-39-3;/h5-14,17,19-22,39,49H,15-16,18H2,1-4H3,(H-,38,47);1H/t21-,22?,35-;/m1./s1. The Morgan fingerprint density at radius 3 is 2.58 bits per heavy atom. The fourth-order valence-electron chi connectivity index (χ4n) is 5.34. The van der Waals surface area contributed by atoms with E-state index in [4.69, 9.17) is 15.2 Å². The van der Waals surface area contributed by atoms with Crippen LogP contribution in [0.2, 0.25) is 0 Å². The molecule has 0 radical (unpaired) electrons. The summed E-state index contributed by atoms with van der Waals surface area (Å²) in [6.45, 7) is 2.80. The molecule has 3 atom stereocenters. The molecule has 0 saturated carbocycles. The number of nitrogens with one attached hydrogen (secondary N) is 1. The average Bonchev–Trinajstić information content (AvgIpc) is 3.82. The number of esters is 1. The third kappa shape index (κ3) is 9.36. The normalized spacial score (nSPS) is 13.3. The van der Waals surface area contributed by atoms with Crippen LogP contribution in [-0.2, 0) is 33.0 Å². The number of thiazole rings is 1. The fraction of sp³-hybridized carbons (Fsp3) is 0.286. The smallest absolute Gasteiger partial charge is 0.418 e. The van der Waals surface area contributed by atoms with Crippen LogP contribution in [0.25, 0.3) is 11.3 Å². The van der Waals surface area contributed by atoms with Gasteiger partial charge in [0.1, 0.15) is 36.2 Å². The number of nitrogens with two attached hydrogens (primary N) is 1. The summed E-state index contributed by atoms with van der Waals surface area (Å²) in [5, 5.41) is 21.5. The third-order valence-electron chi connectivity index (χ3n) is 8.33. The van der Waals surface area contributed by atoms with E-state index < -0.39 is 47.4 Å². The molecule has 0 saturated heterocycles. The predicted molar refractivity (Wildman–Crippen MR) is 185 cm³/mol. The number of aliphatic hydroxyl groups is 1. The number of aromatic nitrogens is 5. The Morgan fingerprint density at radius 2 is 1.89 bits per heavy atom. The van der Waals surface area contributed by atoms with Crippen LogP contribution in [0.1, 0.15) is 52.5 Å². The highest BCUT2D eigenvalue weighted by Crippen LogP contribution is 2.41. The van der Waals surface area contributed by atoms with Gasteiger partial charge < -0.3 is 38.0 Å². The van der Waals surface area contributed by atoms with Crippen molar-refractivity contribution in [1.29, 1.82) is 0 Å². The minimum Gasteiger partial charge on any atom is -1.00 e. The zero-order valence-corrected chi connectivity index (χ0v) is 30.6. The first-order chi connectivity index (χ1) is 24.8. The van der Waals surface area contributed by atoms with Crippen LogP contribution in [0.15, 0.2) is 78.8 Å². The molecule has 0 fully saturated rings. The van der Waals surface area contributed by atoms with Gasteiger partial charge in [-0.15, -0.1) is 16.0 Å². The van der Waals surface area contributed by atoms with Crippen molar-refractivity contribution < 1.29 is 54.7 Å². The van der Waals surface area contributed by atoms with E-state index in [-0.39, 0.29) is 43.5 Å². The van der Waals surface area contributed by atoms with Crippen LogP contribution in [0.4, 0.5) is 19.4 Å². The van der Waals surface area contributed by atoms with Crippen molar-refractivity contribution in [2.24, 2.45) is 5.73 Å². The SMILES string of the molecule is CNCC(=O)OCc1cccnc1N(C)C(=O)OC(C)[n+]1cnn(C[C@](O)(c2cc(F)ccc2F)[C@H](C)c2nc(-c3ccc(C(N)=O)cc3)cs2)c1.[Cl-]. The number of hydrogen-bond donors (Lipinski definition) is 3. The number of benzene rings is 2. The number of halogens is 3. The molecule has 2 aromatic carbocycles. The van der Waals surface area contributed by atoms with E-state index in [1.807, 2.05) is 0 Å². The lowest BCUT2D eigenvalue weighted by Gasteiger charge is -2.32. The molecule has 5 aromatic rings. The Morgan fingerprint density at radius 1 is 1.15 bits per heavy atom. The molecule has 53 heavy (non-hydrogen) atoms. The maximum Gasteiger partial charge on any atom is 0.418 e. The van der Waals surface area contributed by atoms with Crippen LogP contribution in [0.3, 0.4) is 0 Å². The second-order valence-corrected chi connectivity index (χ2v) is 12.8. The highest BCUT2D eigenvalue weighted by atomic mass is 35.5. The van der Waals surface area contributed by atoms with Crippen molar-refractivity contribution in [3.63, 3.8) is 0 Å². The number of carbonyl (C=O) groups is 3. The van der Waals surface area contributed by atoms with E-state index in [2.05, 4.69) is 20.4 Å². The van der Waals surface area contributed by atoms with E-state index in [0.717, 1.165) is 18.2 Å². The summed E-state index contributed by atoms with van der Waals surface area (Å²) in [6.07, 6.45) is 2.61. The first kappa shape index (κ1) is 40.4. The number of likely N-dealkylation sites (N-methyl/N-ethyl adjacent to an activating group) is 1. The molecule has 4 N–H and O–H groups in total. The quantitative estimate of drug-likeness (QED) is 0.108. The molecule has 3 heterocycles. The first-order valence-corrected chi connectivity index (χ1v) is 16.8. The molecule has 3 aromatic heterocycles. The van der Waals surface area contributed by atoms with Crippen molar-refractivity contribution >= 4 is 35.1 Å². The number of pyridine rings is 1. The van der Waals surface area contributed by atoms with Gasteiger partial charge in [0.2, 0.25) is 18.5 Å². The highest BCUT2D eigenvalue weighted by molar-refractivity contribution is 7.10. The summed E-state index contributed by atoms with van der Waals surface area (Å²) in [7, 11) is 3.07. The zero-order chi connectivity index (χ0) is 37.6. The molecule has 0 aliphatic carbocycles. The van der Waals surface area contributed by atoms with Crippen molar-refractivity contribution in [2.45, 2.75) is 44.7 Å². The Kier molecular flexibility index (Phi) is 13.3. The largest absolute Gasteiger partial charge is 1.00 e. The van der Waals surface area contributed by atoms with Gasteiger partial charge in [0.25, 0.3) is 6.33 Å². The Hall–Kier alpha value is -5.36. The minimum absolute atomic E-state index is 0. The molecule has 0 aliphatic heterocycles. The molecular weight excluding hydrogens is 734 g/mol. The van der Waals surface area contributed by atoms with E-state index in [0.29, 0.717) is 27.4 Å². The van der Waals surface area contributed by atoms with Gasteiger partial charge in [0.05, 0.1) is 17.2 Å². The lowest BCUT2D eigenvalue weighted by Crippen LogP contribution is -3.00. The number of anilines is 1. The number of primary amides is 1. The number of carbonyl (C=O) groups excluding carboxylic acids is 3. The first-order valence-electron chi connectivity index (χ1n) is 16.0. The number of hydrogen-bond acceptors (Lipinski definition) is 11. The van der Waals surface area contributed by atoms with Gasteiger partial charge in [-0.2, -0.15) is 4.57 Å². The summed E-state index contributed by atoms with van der Waals surface area (Å²) in [5.41, 5.74) is 5.04. The van der Waals surface area contributed by atoms with Gasteiger partial charge in [-0.25, -0.2) is 23.5 Å². The summed E-state index contributed by atoms with van der Waals surface area (Å²) in [4.78, 5) is 46.6. The topological polar surface area (TPSA) is 179 Å². The van der Waals surface area contributed by atoms with Gasteiger partial charge in [0.15, 0.2) is 0 Å². The van der Waals surface area contributed by atoms with Crippen molar-refractivity contribution in [3.05, 3.63) is 112 Å². The van der Waals surface area contributed by atoms with Crippen LogP contribution < -0.4 is 32.9 Å². The fourth-order valence-corrected chi connectivity index (χ4v) is 6.31. The van der Waals surface area contributed by atoms with Crippen LogP contribution in [0.5, 0.6) is 0 Å². The monoisotopic (exact) mass is 770 g/mol. The van der Waals surface area contributed by atoms with Gasteiger partial charge in [-0.3, -0.25) is 14.5 Å². The molecule has 1 unspecified atom stereocenters. The van der Waals surface area contributed by atoms with Crippen LogP contribution in [0, 0.1) is 11.6 Å². The highest BCUT2D eigenvalue weighted by Gasteiger charge is 2.43. The zero-order valence-electron chi connectivity index (χ0n) is 29.1. The molecule has 0 bridgehead atoms. The van der Waals surface area contributed by atoms with Gasteiger partial charge in [-0.05, 0) is 43.4 Å². The lowest BCUT2D eigenvalue weighted by atomic mass is 9.82. The number of amides is 2. The van der Waals surface area contributed by atoms with E-state index in [1.165, 1.54) is 51.4 Å². The van der Waals surface area contributed by atoms with Crippen molar-refractivity contribution in [2.75, 3.05) is 25.5 Å². The number of rotatable bonds is 14. The van der Waals surface area contributed by atoms with Gasteiger partial charge in [-0.1, -0.05) is 25.1 Å². The Balaban J connectivity index is 0.00000627. The maximum atomic E-state index is 15.3. The molecule has 2 amide bonds. The Bertz CT molecular complexity index is 2070. The Labute approximate surface area is 313 Å². The van der Waals surface area contributed by atoms with Crippen molar-refractivity contribution in [3.8, 4) is 11.3 Å². The van der Waals surface area contributed by atoms with Crippen LogP contribution >= 0.6 is 11.3 Å². The molecule has 14 nitrogen and oxygen atoms in total. The van der Waals surface area contributed by atoms with E-state index in [1.54, 1.807) is 62.7 Å². The maximum absolute atomic E-state index is 15.3. The molecule has 5 rings (SSSR count).